The largest absolute Gasteiger partial charge is 0.448 e. The monoisotopic (exact) mass is 491 g/mol. The molecule has 3 aromatic carbocycles. The molecule has 2 unspecified atom stereocenters. The zero-order valence-electron chi connectivity index (χ0n) is 19.4. The van der Waals surface area contributed by atoms with Crippen LogP contribution in [0.4, 0.5) is 18.0 Å². The van der Waals surface area contributed by atoms with E-state index in [-0.39, 0.29) is 24.6 Å². The average Bonchev–Trinajstić information content (AvgIpc) is 3.20. The molecular formula is C29H24F3NO3. The molecule has 1 amide bonds. The molecule has 0 saturated carbocycles. The Labute approximate surface area is 206 Å². The van der Waals surface area contributed by atoms with E-state index in [1.165, 1.54) is 6.07 Å². The van der Waals surface area contributed by atoms with Crippen molar-refractivity contribution in [3.05, 3.63) is 101 Å². The topological polar surface area (TPSA) is 38.8 Å². The van der Waals surface area contributed by atoms with Crippen LogP contribution in [-0.2, 0) is 9.47 Å². The predicted octanol–water partition coefficient (Wildman–Crippen LogP) is 6.57. The number of benzene rings is 3. The van der Waals surface area contributed by atoms with Gasteiger partial charge in [0.1, 0.15) is 12.4 Å². The van der Waals surface area contributed by atoms with Crippen molar-refractivity contribution < 1.29 is 27.4 Å². The second kappa shape index (κ2) is 9.13. The van der Waals surface area contributed by atoms with E-state index in [4.69, 9.17) is 9.47 Å². The summed E-state index contributed by atoms with van der Waals surface area (Å²) in [6.07, 6.45) is -0.997. The van der Waals surface area contributed by atoms with Gasteiger partial charge in [0, 0.05) is 5.92 Å². The molecule has 2 atom stereocenters. The molecule has 2 heterocycles. The van der Waals surface area contributed by atoms with E-state index in [1.807, 2.05) is 30.3 Å². The average molecular weight is 492 g/mol. The van der Waals surface area contributed by atoms with Crippen LogP contribution in [0.15, 0.2) is 72.8 Å². The molecule has 4 nitrogen and oxygen atoms in total. The summed E-state index contributed by atoms with van der Waals surface area (Å²) in [5.74, 6) is -0.964. The van der Waals surface area contributed by atoms with Crippen molar-refractivity contribution in [1.29, 1.82) is 0 Å². The SMILES string of the molecule is O=C(OCC1c2ccccc2-c2ccccc21)N1C2C=C(c3ccc(C(F)F)c(F)c3)CC1COC2. The van der Waals surface area contributed by atoms with Gasteiger partial charge in [-0.05, 0) is 51.9 Å². The Kier molecular flexibility index (Phi) is 5.80. The van der Waals surface area contributed by atoms with E-state index < -0.39 is 23.9 Å². The van der Waals surface area contributed by atoms with E-state index in [2.05, 4.69) is 24.3 Å². The Hall–Kier alpha value is -3.58. The van der Waals surface area contributed by atoms with Crippen LogP contribution in [-0.4, -0.2) is 42.9 Å². The van der Waals surface area contributed by atoms with Crippen LogP contribution in [0.1, 0.15) is 41.0 Å². The number of rotatable bonds is 4. The number of morpholine rings is 1. The molecule has 3 aliphatic rings. The molecule has 0 radical (unpaired) electrons. The van der Waals surface area contributed by atoms with Gasteiger partial charge in [-0.1, -0.05) is 60.7 Å². The highest BCUT2D eigenvalue weighted by molar-refractivity contribution is 5.79. The van der Waals surface area contributed by atoms with Crippen LogP contribution in [0.5, 0.6) is 0 Å². The van der Waals surface area contributed by atoms with Crippen molar-refractivity contribution in [1.82, 2.24) is 4.90 Å². The number of carbonyl (C=O) groups excluding carboxylic acids is 1. The predicted molar refractivity (Wildman–Crippen MR) is 129 cm³/mol. The number of hydrogen-bond acceptors (Lipinski definition) is 3. The van der Waals surface area contributed by atoms with Crippen molar-refractivity contribution >= 4 is 11.7 Å². The van der Waals surface area contributed by atoms with E-state index in [0.717, 1.165) is 40.0 Å². The van der Waals surface area contributed by atoms with Gasteiger partial charge < -0.3 is 9.47 Å². The number of nitrogens with zero attached hydrogens (tertiary/aromatic N) is 1. The highest BCUT2D eigenvalue weighted by Gasteiger charge is 2.40. The second-order valence-electron chi connectivity index (χ2n) is 9.40. The van der Waals surface area contributed by atoms with Gasteiger partial charge in [-0.2, -0.15) is 0 Å². The van der Waals surface area contributed by atoms with Crippen molar-refractivity contribution in [3.8, 4) is 11.1 Å². The Morgan fingerprint density at radius 3 is 2.33 bits per heavy atom. The molecule has 7 heteroatoms. The van der Waals surface area contributed by atoms with Crippen molar-refractivity contribution in [2.24, 2.45) is 0 Å². The van der Waals surface area contributed by atoms with Crippen molar-refractivity contribution in [3.63, 3.8) is 0 Å². The quantitative estimate of drug-likeness (QED) is 0.415. The Morgan fingerprint density at radius 1 is 1.00 bits per heavy atom. The molecule has 0 spiro atoms. The summed E-state index contributed by atoms with van der Waals surface area (Å²) in [7, 11) is 0. The van der Waals surface area contributed by atoms with E-state index in [9.17, 15) is 18.0 Å². The molecular weight excluding hydrogens is 467 g/mol. The minimum Gasteiger partial charge on any atom is -0.448 e. The van der Waals surface area contributed by atoms with Crippen LogP contribution in [0, 0.1) is 5.82 Å². The smallest absolute Gasteiger partial charge is 0.410 e. The lowest BCUT2D eigenvalue weighted by Crippen LogP contribution is -2.56. The van der Waals surface area contributed by atoms with Crippen LogP contribution in [0.25, 0.3) is 16.7 Å². The molecule has 0 aromatic heterocycles. The standard InChI is InChI=1S/C29H24F3NO3/c30-27-13-17(9-10-25(27)28(31)32)18-11-19-14-35-15-20(12-18)33(19)29(34)36-16-26-23-7-3-1-5-21(23)22-6-2-4-8-24(22)26/h1-11,13,19-20,26,28H,12,14-16H2. The molecule has 36 heavy (non-hydrogen) atoms. The highest BCUT2D eigenvalue weighted by atomic mass is 19.3. The van der Waals surface area contributed by atoms with Crippen molar-refractivity contribution in [2.45, 2.75) is 30.8 Å². The van der Waals surface area contributed by atoms with Gasteiger partial charge in [0.25, 0.3) is 6.43 Å². The van der Waals surface area contributed by atoms with Gasteiger partial charge in [-0.3, -0.25) is 4.90 Å². The Morgan fingerprint density at radius 2 is 1.69 bits per heavy atom. The van der Waals surface area contributed by atoms with Crippen LogP contribution in [0.2, 0.25) is 0 Å². The minimum atomic E-state index is -2.86. The maximum atomic E-state index is 14.2. The van der Waals surface area contributed by atoms with Crippen LogP contribution < -0.4 is 0 Å². The van der Waals surface area contributed by atoms with Gasteiger partial charge in [0.05, 0.1) is 30.9 Å². The van der Waals surface area contributed by atoms with Crippen molar-refractivity contribution in [2.75, 3.05) is 19.8 Å². The molecule has 184 valence electrons. The fourth-order valence-corrected chi connectivity index (χ4v) is 5.67. The summed E-state index contributed by atoms with van der Waals surface area (Å²) in [6.45, 7) is 0.845. The Balaban J connectivity index is 1.21. The van der Waals surface area contributed by atoms with Gasteiger partial charge in [0.15, 0.2) is 0 Å². The summed E-state index contributed by atoms with van der Waals surface area (Å²) in [4.78, 5) is 15.0. The maximum absolute atomic E-state index is 14.2. The third-order valence-corrected chi connectivity index (χ3v) is 7.35. The summed E-state index contributed by atoms with van der Waals surface area (Å²) < 4.78 is 51.6. The third kappa shape index (κ3) is 3.88. The molecule has 1 aliphatic carbocycles. The van der Waals surface area contributed by atoms with Gasteiger partial charge in [-0.15, -0.1) is 0 Å². The number of amides is 1. The lowest BCUT2D eigenvalue weighted by atomic mass is 9.89. The summed E-state index contributed by atoms with van der Waals surface area (Å²) in [5.41, 5.74) is 5.36. The molecule has 1 saturated heterocycles. The normalized spacial score (nSPS) is 20.7. The van der Waals surface area contributed by atoms with Gasteiger partial charge in [0.2, 0.25) is 0 Å². The molecule has 2 aliphatic heterocycles. The first-order valence-corrected chi connectivity index (χ1v) is 12.0. The maximum Gasteiger partial charge on any atom is 0.410 e. The highest BCUT2D eigenvalue weighted by Crippen LogP contribution is 2.44. The van der Waals surface area contributed by atoms with Gasteiger partial charge in [-0.25, -0.2) is 18.0 Å². The van der Waals surface area contributed by atoms with E-state index in [1.54, 1.807) is 4.90 Å². The zero-order valence-corrected chi connectivity index (χ0v) is 19.4. The molecule has 3 aromatic rings. The van der Waals surface area contributed by atoms with E-state index >= 15 is 0 Å². The van der Waals surface area contributed by atoms with Gasteiger partial charge >= 0.3 is 6.09 Å². The lowest BCUT2D eigenvalue weighted by Gasteiger charge is -2.44. The number of alkyl halides is 2. The zero-order chi connectivity index (χ0) is 24.8. The third-order valence-electron chi connectivity index (χ3n) is 7.35. The number of ether oxygens (including phenoxy) is 2. The number of halogens is 3. The fourth-order valence-electron chi connectivity index (χ4n) is 5.67. The first-order chi connectivity index (χ1) is 17.5. The summed E-state index contributed by atoms with van der Waals surface area (Å²) in [5, 5.41) is 0. The lowest BCUT2D eigenvalue weighted by molar-refractivity contribution is -0.0331. The molecule has 2 bridgehead atoms. The first-order valence-electron chi connectivity index (χ1n) is 12.0. The summed E-state index contributed by atoms with van der Waals surface area (Å²) >= 11 is 0. The molecule has 1 fully saturated rings. The van der Waals surface area contributed by atoms with Crippen LogP contribution >= 0.6 is 0 Å². The van der Waals surface area contributed by atoms with Crippen LogP contribution in [0.3, 0.4) is 0 Å². The molecule has 0 N–H and O–H groups in total. The Bertz CT molecular complexity index is 1310. The molecule has 6 rings (SSSR count). The number of carbonyl (C=O) groups is 1. The second-order valence-corrected chi connectivity index (χ2v) is 9.40. The minimum absolute atomic E-state index is 0.0374. The summed E-state index contributed by atoms with van der Waals surface area (Å²) in [6, 6.07) is 19.5. The first kappa shape index (κ1) is 22.9. The number of fused-ring (bicyclic) bond motifs is 5. The fraction of sp³-hybridized carbons (Fsp3) is 0.276. The van der Waals surface area contributed by atoms with E-state index in [0.29, 0.717) is 25.2 Å². The number of hydrogen-bond donors (Lipinski definition) is 0.